The fraction of sp³-hybridized carbons (Fsp3) is 0.364. The average molecular weight is 222 g/mol. The highest BCUT2D eigenvalue weighted by Gasteiger charge is 2.12. The number of nitrogens with one attached hydrogen (secondary N) is 2. The van der Waals surface area contributed by atoms with Gasteiger partial charge in [0.15, 0.2) is 0 Å². The molecular formula is C11H14N2OS. The summed E-state index contributed by atoms with van der Waals surface area (Å²) in [6, 6.07) is 5.92. The molecule has 1 amide bonds. The fourth-order valence-electron chi connectivity index (χ4n) is 1.69. The van der Waals surface area contributed by atoms with Crippen molar-refractivity contribution in [1.82, 2.24) is 10.9 Å². The minimum absolute atomic E-state index is 0.0733. The first-order valence-corrected chi connectivity index (χ1v) is 6.02. The molecule has 0 saturated carbocycles. The summed E-state index contributed by atoms with van der Waals surface area (Å²) >= 11 is 1.88. The van der Waals surface area contributed by atoms with Gasteiger partial charge in [-0.25, -0.2) is 5.43 Å². The maximum absolute atomic E-state index is 11.6. The van der Waals surface area contributed by atoms with Gasteiger partial charge < -0.3 is 0 Å². The van der Waals surface area contributed by atoms with E-state index in [9.17, 15) is 4.79 Å². The van der Waals surface area contributed by atoms with E-state index >= 15 is 0 Å². The van der Waals surface area contributed by atoms with E-state index in [-0.39, 0.29) is 5.91 Å². The number of aryl methyl sites for hydroxylation is 1. The molecule has 0 atom stereocenters. The molecule has 1 aromatic carbocycles. The summed E-state index contributed by atoms with van der Waals surface area (Å²) < 4.78 is 0. The number of hydrogen-bond acceptors (Lipinski definition) is 3. The zero-order valence-corrected chi connectivity index (χ0v) is 9.49. The molecule has 0 bridgehead atoms. The second kappa shape index (κ2) is 4.68. The van der Waals surface area contributed by atoms with Crippen LogP contribution in [0, 0.1) is 0 Å². The van der Waals surface area contributed by atoms with Crippen LogP contribution in [-0.2, 0) is 6.42 Å². The summed E-state index contributed by atoms with van der Waals surface area (Å²) in [5.41, 5.74) is 7.24. The number of thioether (sulfide) groups is 1. The summed E-state index contributed by atoms with van der Waals surface area (Å²) in [5, 5.41) is 0. The van der Waals surface area contributed by atoms with Crippen molar-refractivity contribution in [3.05, 3.63) is 29.3 Å². The molecule has 1 aliphatic heterocycles. The number of benzene rings is 1. The second-order valence-electron chi connectivity index (χ2n) is 3.48. The summed E-state index contributed by atoms with van der Waals surface area (Å²) in [4.78, 5) is 12.9. The Hall–Kier alpha value is -1.00. The monoisotopic (exact) mass is 222 g/mol. The molecule has 0 aromatic heterocycles. The van der Waals surface area contributed by atoms with Gasteiger partial charge >= 0.3 is 0 Å². The van der Waals surface area contributed by atoms with Gasteiger partial charge in [0.1, 0.15) is 0 Å². The Balaban J connectivity index is 2.24. The minimum atomic E-state index is -0.0733. The predicted molar refractivity (Wildman–Crippen MR) is 62.0 cm³/mol. The van der Waals surface area contributed by atoms with Crippen molar-refractivity contribution in [2.24, 2.45) is 0 Å². The van der Waals surface area contributed by atoms with Crippen LogP contribution in [0.25, 0.3) is 0 Å². The fourth-order valence-corrected chi connectivity index (χ4v) is 2.71. The van der Waals surface area contributed by atoms with E-state index in [1.807, 2.05) is 30.0 Å². The first kappa shape index (κ1) is 10.5. The molecule has 2 rings (SSSR count). The number of carbonyl (C=O) groups is 1. The van der Waals surface area contributed by atoms with Crippen molar-refractivity contribution in [2.75, 3.05) is 12.8 Å². The Labute approximate surface area is 93.6 Å². The SMILES string of the molecule is CNNC(=O)c1ccc2c(c1)CCCS2. The molecule has 0 saturated heterocycles. The number of amides is 1. The normalized spacial score (nSPS) is 14.5. The number of rotatable bonds is 2. The van der Waals surface area contributed by atoms with Crippen LogP contribution >= 0.6 is 11.8 Å². The molecule has 0 fully saturated rings. The lowest BCUT2D eigenvalue weighted by molar-refractivity contribution is 0.0938. The maximum Gasteiger partial charge on any atom is 0.265 e. The molecule has 0 radical (unpaired) electrons. The van der Waals surface area contributed by atoms with Crippen molar-refractivity contribution in [1.29, 1.82) is 0 Å². The molecular weight excluding hydrogens is 208 g/mol. The summed E-state index contributed by atoms with van der Waals surface area (Å²) in [6.07, 6.45) is 2.29. The van der Waals surface area contributed by atoms with E-state index in [0.29, 0.717) is 0 Å². The highest BCUT2D eigenvalue weighted by atomic mass is 32.2. The third kappa shape index (κ3) is 2.33. The second-order valence-corrected chi connectivity index (χ2v) is 4.62. The van der Waals surface area contributed by atoms with Gasteiger partial charge in [-0.2, -0.15) is 0 Å². The molecule has 1 heterocycles. The van der Waals surface area contributed by atoms with Crippen LogP contribution in [0.4, 0.5) is 0 Å². The van der Waals surface area contributed by atoms with E-state index in [0.717, 1.165) is 12.0 Å². The molecule has 0 unspecified atom stereocenters. The molecule has 1 aromatic rings. The van der Waals surface area contributed by atoms with Crippen molar-refractivity contribution < 1.29 is 4.79 Å². The average Bonchev–Trinajstić information content (AvgIpc) is 2.29. The van der Waals surface area contributed by atoms with Gasteiger partial charge in [-0.3, -0.25) is 10.2 Å². The molecule has 1 aliphatic rings. The Morgan fingerprint density at radius 2 is 2.33 bits per heavy atom. The Morgan fingerprint density at radius 3 is 3.13 bits per heavy atom. The van der Waals surface area contributed by atoms with Gasteiger partial charge in [-0.05, 0) is 42.4 Å². The van der Waals surface area contributed by atoms with E-state index < -0.39 is 0 Å². The quantitative estimate of drug-likeness (QED) is 0.747. The molecule has 80 valence electrons. The molecule has 0 spiro atoms. The smallest absolute Gasteiger partial charge is 0.265 e. The molecule has 15 heavy (non-hydrogen) atoms. The lowest BCUT2D eigenvalue weighted by atomic mass is 10.1. The van der Waals surface area contributed by atoms with Crippen LogP contribution in [0.5, 0.6) is 0 Å². The summed E-state index contributed by atoms with van der Waals surface area (Å²) in [6.45, 7) is 0. The topological polar surface area (TPSA) is 41.1 Å². The first-order chi connectivity index (χ1) is 7.31. The zero-order valence-electron chi connectivity index (χ0n) is 8.67. The van der Waals surface area contributed by atoms with Crippen LogP contribution in [0.2, 0.25) is 0 Å². The Morgan fingerprint density at radius 1 is 1.47 bits per heavy atom. The minimum Gasteiger partial charge on any atom is -0.288 e. The predicted octanol–water partition coefficient (Wildman–Crippen LogP) is 1.59. The molecule has 2 N–H and O–H groups in total. The summed E-state index contributed by atoms with van der Waals surface area (Å²) in [7, 11) is 1.69. The third-order valence-corrected chi connectivity index (χ3v) is 3.61. The first-order valence-electron chi connectivity index (χ1n) is 5.04. The van der Waals surface area contributed by atoms with Crippen molar-refractivity contribution >= 4 is 17.7 Å². The van der Waals surface area contributed by atoms with Gasteiger partial charge in [0.2, 0.25) is 0 Å². The molecule has 4 heteroatoms. The van der Waals surface area contributed by atoms with Gasteiger partial charge in [0.25, 0.3) is 5.91 Å². The van der Waals surface area contributed by atoms with E-state index in [2.05, 4.69) is 10.9 Å². The largest absolute Gasteiger partial charge is 0.288 e. The van der Waals surface area contributed by atoms with E-state index in [1.165, 1.54) is 22.6 Å². The van der Waals surface area contributed by atoms with Crippen molar-refractivity contribution in [3.63, 3.8) is 0 Å². The van der Waals surface area contributed by atoms with Crippen LogP contribution in [0.15, 0.2) is 23.1 Å². The number of carbonyl (C=O) groups excluding carboxylic acids is 1. The van der Waals surface area contributed by atoms with Gasteiger partial charge in [0, 0.05) is 17.5 Å². The van der Waals surface area contributed by atoms with E-state index in [4.69, 9.17) is 0 Å². The third-order valence-electron chi connectivity index (χ3n) is 2.41. The summed E-state index contributed by atoms with van der Waals surface area (Å²) in [5.74, 6) is 1.12. The standard InChI is InChI=1S/C11H14N2OS/c1-12-13-11(14)9-4-5-10-8(7-9)3-2-6-15-10/h4-5,7,12H,2-3,6H2,1H3,(H,13,14). The van der Waals surface area contributed by atoms with Crippen LogP contribution in [0.3, 0.4) is 0 Å². The Kier molecular flexibility index (Phi) is 3.28. The van der Waals surface area contributed by atoms with Crippen LogP contribution in [0.1, 0.15) is 22.3 Å². The zero-order chi connectivity index (χ0) is 10.7. The van der Waals surface area contributed by atoms with Crippen molar-refractivity contribution in [3.8, 4) is 0 Å². The number of hydrazine groups is 1. The Bertz CT molecular complexity index is 379. The van der Waals surface area contributed by atoms with E-state index in [1.54, 1.807) is 7.05 Å². The highest BCUT2D eigenvalue weighted by Crippen LogP contribution is 2.30. The van der Waals surface area contributed by atoms with Gasteiger partial charge in [-0.1, -0.05) is 0 Å². The molecule has 0 aliphatic carbocycles. The van der Waals surface area contributed by atoms with Gasteiger partial charge in [-0.15, -0.1) is 11.8 Å². The van der Waals surface area contributed by atoms with Crippen LogP contribution < -0.4 is 10.9 Å². The van der Waals surface area contributed by atoms with Crippen LogP contribution in [-0.4, -0.2) is 18.7 Å². The maximum atomic E-state index is 11.6. The van der Waals surface area contributed by atoms with Gasteiger partial charge in [0.05, 0.1) is 0 Å². The number of hydrogen-bond donors (Lipinski definition) is 2. The lowest BCUT2D eigenvalue weighted by Crippen LogP contribution is -2.34. The highest BCUT2D eigenvalue weighted by molar-refractivity contribution is 7.99. The number of fused-ring (bicyclic) bond motifs is 1. The molecule has 3 nitrogen and oxygen atoms in total. The van der Waals surface area contributed by atoms with Crippen molar-refractivity contribution in [2.45, 2.75) is 17.7 Å². The lowest BCUT2D eigenvalue weighted by Gasteiger charge is -2.15.